The number of alkyl carbamates (subject to hydrolysis) is 1. The second-order valence-corrected chi connectivity index (χ2v) is 6.91. The summed E-state index contributed by atoms with van der Waals surface area (Å²) >= 11 is 0. The van der Waals surface area contributed by atoms with Crippen LogP contribution in [0.4, 0.5) is 4.79 Å². The number of carbonyl (C=O) groups excluding carboxylic acids is 1. The number of hydrogen-bond donors (Lipinski definition) is 2. The highest BCUT2D eigenvalue weighted by Crippen LogP contribution is 2.16. The van der Waals surface area contributed by atoms with Gasteiger partial charge in [0.05, 0.1) is 0 Å². The van der Waals surface area contributed by atoms with E-state index in [-0.39, 0.29) is 6.04 Å². The minimum atomic E-state index is -0.462. The number of benzene rings is 1. The molecule has 1 aromatic carbocycles. The van der Waals surface area contributed by atoms with Crippen molar-refractivity contribution < 1.29 is 9.53 Å². The first kappa shape index (κ1) is 19.2. The van der Waals surface area contributed by atoms with Crippen molar-refractivity contribution in [2.24, 2.45) is 0 Å². The van der Waals surface area contributed by atoms with Crippen LogP contribution in [0.1, 0.15) is 50.4 Å². The van der Waals surface area contributed by atoms with Crippen LogP contribution in [0.3, 0.4) is 0 Å². The molecule has 0 heterocycles. The molecule has 4 heteroatoms. The van der Waals surface area contributed by atoms with Crippen molar-refractivity contribution in [3.05, 3.63) is 47.0 Å². The smallest absolute Gasteiger partial charge is 0.407 e. The maximum atomic E-state index is 11.5. The summed E-state index contributed by atoms with van der Waals surface area (Å²) in [6, 6.07) is 6.88. The lowest BCUT2D eigenvalue weighted by Gasteiger charge is -2.19. The van der Waals surface area contributed by atoms with E-state index >= 15 is 0 Å². The summed E-state index contributed by atoms with van der Waals surface area (Å²) in [6.45, 7) is 13.2. The minimum absolute atomic E-state index is 0.289. The predicted molar refractivity (Wildman–Crippen MR) is 95.7 cm³/mol. The summed E-state index contributed by atoms with van der Waals surface area (Å²) in [5.41, 5.74) is 3.40. The highest BCUT2D eigenvalue weighted by Gasteiger charge is 2.14. The van der Waals surface area contributed by atoms with Gasteiger partial charge in [-0.1, -0.05) is 41.5 Å². The lowest BCUT2D eigenvalue weighted by Crippen LogP contribution is -2.32. The molecular formula is C19H30N2O2. The number of ether oxygens (including phenoxy) is 1. The number of nitrogens with one attached hydrogen (secondary N) is 2. The number of aryl methyl sites for hydroxylation is 2. The van der Waals surface area contributed by atoms with Crippen molar-refractivity contribution in [2.75, 3.05) is 13.1 Å². The van der Waals surface area contributed by atoms with Gasteiger partial charge in [0.15, 0.2) is 0 Å². The zero-order valence-electron chi connectivity index (χ0n) is 15.2. The van der Waals surface area contributed by atoms with Gasteiger partial charge in [-0.25, -0.2) is 4.79 Å². The number of carbonyl (C=O) groups is 1. The summed E-state index contributed by atoms with van der Waals surface area (Å²) in [4.78, 5) is 11.5. The van der Waals surface area contributed by atoms with Gasteiger partial charge in [-0.05, 0) is 47.1 Å². The third-order valence-electron chi connectivity index (χ3n) is 3.22. The molecule has 128 valence electrons. The summed E-state index contributed by atoms with van der Waals surface area (Å²) in [6.07, 6.45) is 3.54. The van der Waals surface area contributed by atoms with Crippen molar-refractivity contribution in [2.45, 2.75) is 53.2 Å². The van der Waals surface area contributed by atoms with Gasteiger partial charge in [0, 0.05) is 19.1 Å². The van der Waals surface area contributed by atoms with E-state index in [1.165, 1.54) is 16.7 Å². The van der Waals surface area contributed by atoms with Crippen molar-refractivity contribution in [1.82, 2.24) is 10.6 Å². The topological polar surface area (TPSA) is 50.4 Å². The molecule has 1 rings (SSSR count). The van der Waals surface area contributed by atoms with E-state index < -0.39 is 11.7 Å². The normalized spacial score (nSPS) is 13.1. The van der Waals surface area contributed by atoms with Gasteiger partial charge in [-0.3, -0.25) is 0 Å². The molecule has 2 N–H and O–H groups in total. The van der Waals surface area contributed by atoms with E-state index in [9.17, 15) is 4.79 Å². The SMILES string of the molecule is Cc1cc(C)cc(C(C)NC/C=C/CNC(=O)OC(C)(C)C)c1. The second kappa shape index (κ2) is 8.73. The van der Waals surface area contributed by atoms with Crippen LogP contribution in [-0.2, 0) is 4.74 Å². The molecule has 0 saturated heterocycles. The standard InChI is InChI=1S/C19H30N2O2/c1-14-11-15(2)13-17(12-14)16(3)20-9-7-8-10-21-18(22)23-19(4,5)6/h7-8,11-13,16,20H,9-10H2,1-6H3,(H,21,22)/b8-7+. The Balaban J connectivity index is 2.29. The number of hydrogen-bond acceptors (Lipinski definition) is 3. The third-order valence-corrected chi connectivity index (χ3v) is 3.22. The highest BCUT2D eigenvalue weighted by atomic mass is 16.6. The molecule has 0 aliphatic rings. The Bertz CT molecular complexity index is 525. The molecule has 0 aliphatic heterocycles. The number of rotatable bonds is 6. The quantitative estimate of drug-likeness (QED) is 0.778. The van der Waals surface area contributed by atoms with E-state index in [1.54, 1.807) is 0 Å². The molecule has 1 aromatic rings. The Morgan fingerprint density at radius 3 is 2.26 bits per heavy atom. The van der Waals surface area contributed by atoms with Crippen LogP contribution in [0, 0.1) is 13.8 Å². The largest absolute Gasteiger partial charge is 0.444 e. The molecule has 1 atom stereocenters. The molecule has 4 nitrogen and oxygen atoms in total. The molecule has 23 heavy (non-hydrogen) atoms. The van der Waals surface area contributed by atoms with Crippen molar-refractivity contribution in [3.63, 3.8) is 0 Å². The van der Waals surface area contributed by atoms with Crippen LogP contribution in [0.25, 0.3) is 0 Å². The second-order valence-electron chi connectivity index (χ2n) is 6.91. The third kappa shape index (κ3) is 8.41. The van der Waals surface area contributed by atoms with Gasteiger partial charge in [-0.2, -0.15) is 0 Å². The van der Waals surface area contributed by atoms with Crippen LogP contribution in [0.5, 0.6) is 0 Å². The van der Waals surface area contributed by atoms with Crippen molar-refractivity contribution in [1.29, 1.82) is 0 Å². The van der Waals surface area contributed by atoms with E-state index in [0.29, 0.717) is 6.54 Å². The Morgan fingerprint density at radius 1 is 1.13 bits per heavy atom. The van der Waals surface area contributed by atoms with Gasteiger partial charge >= 0.3 is 6.09 Å². The Morgan fingerprint density at radius 2 is 1.70 bits per heavy atom. The molecule has 1 amide bonds. The lowest BCUT2D eigenvalue weighted by atomic mass is 10.0. The van der Waals surface area contributed by atoms with Crippen molar-refractivity contribution in [3.8, 4) is 0 Å². The van der Waals surface area contributed by atoms with Crippen molar-refractivity contribution >= 4 is 6.09 Å². The monoisotopic (exact) mass is 318 g/mol. The fourth-order valence-electron chi connectivity index (χ4n) is 2.25. The average Bonchev–Trinajstić information content (AvgIpc) is 2.39. The van der Waals surface area contributed by atoms with Gasteiger partial charge < -0.3 is 15.4 Å². The van der Waals surface area contributed by atoms with Crippen LogP contribution < -0.4 is 10.6 Å². The van der Waals surface area contributed by atoms with E-state index in [0.717, 1.165) is 6.54 Å². The van der Waals surface area contributed by atoms with Crippen LogP contribution in [0.15, 0.2) is 30.4 Å². The van der Waals surface area contributed by atoms with Gasteiger partial charge in [0.25, 0.3) is 0 Å². The molecule has 0 fully saturated rings. The Hall–Kier alpha value is -1.81. The Kier molecular flexibility index (Phi) is 7.30. The van der Waals surface area contributed by atoms with Gasteiger partial charge in [0.1, 0.15) is 5.60 Å². The Labute approximate surface area is 140 Å². The predicted octanol–water partition coefficient (Wildman–Crippen LogP) is 4.03. The molecule has 0 bridgehead atoms. The zero-order chi connectivity index (χ0) is 17.5. The molecule has 0 aromatic heterocycles. The first-order valence-corrected chi connectivity index (χ1v) is 8.11. The van der Waals surface area contributed by atoms with Crippen LogP contribution >= 0.6 is 0 Å². The summed E-state index contributed by atoms with van der Waals surface area (Å²) in [7, 11) is 0. The minimum Gasteiger partial charge on any atom is -0.444 e. The molecule has 1 unspecified atom stereocenters. The number of amides is 1. The zero-order valence-corrected chi connectivity index (χ0v) is 15.2. The first-order valence-electron chi connectivity index (χ1n) is 8.11. The van der Waals surface area contributed by atoms with Gasteiger partial charge in [-0.15, -0.1) is 0 Å². The summed E-state index contributed by atoms with van der Waals surface area (Å²) in [5.74, 6) is 0. The summed E-state index contributed by atoms with van der Waals surface area (Å²) in [5, 5.41) is 6.15. The van der Waals surface area contributed by atoms with Gasteiger partial charge in [0.2, 0.25) is 0 Å². The molecule has 0 radical (unpaired) electrons. The maximum Gasteiger partial charge on any atom is 0.407 e. The first-order chi connectivity index (χ1) is 10.7. The molecule has 0 saturated carbocycles. The highest BCUT2D eigenvalue weighted by molar-refractivity contribution is 5.67. The average molecular weight is 318 g/mol. The van der Waals surface area contributed by atoms with E-state index in [1.807, 2.05) is 32.9 Å². The fraction of sp³-hybridized carbons (Fsp3) is 0.526. The lowest BCUT2D eigenvalue weighted by molar-refractivity contribution is 0.0534. The molecule has 0 spiro atoms. The van der Waals surface area contributed by atoms with E-state index in [4.69, 9.17) is 4.74 Å². The fourth-order valence-corrected chi connectivity index (χ4v) is 2.25. The van der Waals surface area contributed by atoms with Crippen LogP contribution in [-0.4, -0.2) is 24.8 Å². The summed E-state index contributed by atoms with van der Waals surface area (Å²) < 4.78 is 5.16. The van der Waals surface area contributed by atoms with Crippen LogP contribution in [0.2, 0.25) is 0 Å². The van der Waals surface area contributed by atoms with E-state index in [2.05, 4.69) is 49.6 Å². The molecule has 0 aliphatic carbocycles. The molecular weight excluding hydrogens is 288 g/mol. The maximum absolute atomic E-state index is 11.5.